The number of nitrogens with one attached hydrogen (secondary N) is 1. The highest BCUT2D eigenvalue weighted by Crippen LogP contribution is 2.38. The molecule has 0 fully saturated rings. The lowest BCUT2D eigenvalue weighted by Gasteiger charge is -2.25. The van der Waals surface area contributed by atoms with Crippen LogP contribution in [0.15, 0.2) is 36.0 Å². The summed E-state index contributed by atoms with van der Waals surface area (Å²) in [7, 11) is 1.74. The van der Waals surface area contributed by atoms with Crippen LogP contribution in [0.2, 0.25) is 0 Å². The molecule has 0 heterocycles. The minimum Gasteiger partial charge on any atom is -0.444 e. The number of carbonyl (C=O) groups excluding carboxylic acids is 1. The van der Waals surface area contributed by atoms with E-state index in [0.717, 1.165) is 18.1 Å². The van der Waals surface area contributed by atoms with Gasteiger partial charge in [0.2, 0.25) is 0 Å². The van der Waals surface area contributed by atoms with E-state index in [1.807, 2.05) is 20.0 Å². The molecule has 10 heteroatoms. The molecule has 0 bridgehead atoms. The molecular weight excluding hydrogens is 490 g/mol. The summed E-state index contributed by atoms with van der Waals surface area (Å²) in [6.45, 7) is 10.6. The number of hydrogen-bond acceptors (Lipinski definition) is 5. The van der Waals surface area contributed by atoms with E-state index in [9.17, 15) is 23.2 Å². The van der Waals surface area contributed by atoms with Crippen LogP contribution in [0.1, 0.15) is 57.7 Å². The topological polar surface area (TPSA) is 74.6 Å². The molecule has 2 aromatic carbocycles. The van der Waals surface area contributed by atoms with Crippen LogP contribution in [0.4, 0.5) is 28.0 Å². The highest BCUT2D eigenvalue weighted by Gasteiger charge is 2.31. The van der Waals surface area contributed by atoms with E-state index in [4.69, 9.17) is 4.74 Å². The first-order valence-corrected chi connectivity index (χ1v) is 11.6. The van der Waals surface area contributed by atoms with Crippen LogP contribution in [0.3, 0.4) is 0 Å². The molecule has 0 spiro atoms. The Bertz CT molecular complexity index is 1230. The number of alkyl carbamates (subject to hydrolysis) is 1. The maximum atomic E-state index is 15.1. The van der Waals surface area contributed by atoms with Gasteiger partial charge in [0.25, 0.3) is 0 Å². The van der Waals surface area contributed by atoms with Gasteiger partial charge in [0.15, 0.2) is 0 Å². The summed E-state index contributed by atoms with van der Waals surface area (Å²) in [4.78, 5) is 14.0. The Morgan fingerprint density at radius 2 is 1.84 bits per heavy atom. The van der Waals surface area contributed by atoms with Crippen molar-refractivity contribution in [3.05, 3.63) is 58.5 Å². The molecule has 0 aliphatic heterocycles. The number of hydrogen-bond donors (Lipinski definition) is 1. The van der Waals surface area contributed by atoms with Gasteiger partial charge in [-0.05, 0) is 75.9 Å². The van der Waals surface area contributed by atoms with E-state index in [1.165, 1.54) is 6.07 Å². The molecule has 0 aliphatic carbocycles. The molecule has 0 saturated heterocycles. The fraction of sp³-hybridized carbons (Fsp3) is 0.407. The van der Waals surface area contributed by atoms with Crippen molar-refractivity contribution in [1.82, 2.24) is 5.32 Å². The number of halogens is 4. The summed E-state index contributed by atoms with van der Waals surface area (Å²) in [5.74, 6) is -1.62. The maximum Gasteiger partial charge on any atom is 0.573 e. The molecule has 0 aromatic heterocycles. The zero-order valence-corrected chi connectivity index (χ0v) is 21.9. The zero-order valence-electron chi connectivity index (χ0n) is 21.9. The highest BCUT2D eigenvalue weighted by molar-refractivity contribution is 5.81. The highest BCUT2D eigenvalue weighted by atomic mass is 19.4. The lowest BCUT2D eigenvalue weighted by Crippen LogP contribution is -2.32. The van der Waals surface area contributed by atoms with E-state index >= 15 is 4.39 Å². The number of alkyl halides is 3. The Hall–Kier alpha value is -3.74. The second-order valence-corrected chi connectivity index (χ2v) is 9.53. The molecule has 2 aromatic rings. The lowest BCUT2D eigenvalue weighted by molar-refractivity contribution is -0.274. The molecule has 1 N–H and O–H groups in total. The van der Waals surface area contributed by atoms with Crippen LogP contribution >= 0.6 is 0 Å². The number of benzene rings is 2. The fourth-order valence-corrected chi connectivity index (χ4v) is 3.69. The van der Waals surface area contributed by atoms with Crippen molar-refractivity contribution in [2.24, 2.45) is 0 Å². The van der Waals surface area contributed by atoms with E-state index in [0.29, 0.717) is 28.4 Å². The summed E-state index contributed by atoms with van der Waals surface area (Å²) >= 11 is 0. The van der Waals surface area contributed by atoms with Gasteiger partial charge in [0.1, 0.15) is 23.2 Å². The second-order valence-electron chi connectivity index (χ2n) is 9.53. The number of allylic oxidation sites excluding steroid dienone is 1. The van der Waals surface area contributed by atoms with E-state index in [-0.39, 0.29) is 17.7 Å². The molecule has 0 atom stereocenters. The van der Waals surface area contributed by atoms with Crippen LogP contribution in [-0.2, 0) is 11.3 Å². The molecular formula is C27H31F4N3O3. The summed E-state index contributed by atoms with van der Waals surface area (Å²) in [6.07, 6.45) is -3.06. The van der Waals surface area contributed by atoms with Crippen LogP contribution in [0, 0.1) is 24.1 Å². The Kier molecular flexibility index (Phi) is 9.20. The van der Waals surface area contributed by atoms with Crippen molar-refractivity contribution in [1.29, 1.82) is 5.26 Å². The molecule has 1 amide bonds. The van der Waals surface area contributed by atoms with Crippen LogP contribution < -0.4 is 15.0 Å². The van der Waals surface area contributed by atoms with E-state index in [2.05, 4.69) is 16.1 Å². The first-order valence-electron chi connectivity index (χ1n) is 11.6. The van der Waals surface area contributed by atoms with Crippen molar-refractivity contribution in [3.8, 4) is 22.9 Å². The number of nitriles is 1. The average Bonchev–Trinajstić information content (AvgIpc) is 2.75. The molecule has 37 heavy (non-hydrogen) atoms. The summed E-state index contributed by atoms with van der Waals surface area (Å²) in [5, 5.41) is 12.6. The summed E-state index contributed by atoms with van der Waals surface area (Å²) in [5.41, 5.74) is 2.29. The summed E-state index contributed by atoms with van der Waals surface area (Å²) in [6, 6.07) is 6.58. The van der Waals surface area contributed by atoms with E-state index in [1.54, 1.807) is 45.7 Å². The van der Waals surface area contributed by atoms with Gasteiger partial charge in [0.05, 0.1) is 11.3 Å². The lowest BCUT2D eigenvalue weighted by atomic mass is 9.91. The predicted molar refractivity (Wildman–Crippen MR) is 133 cm³/mol. The fourth-order valence-electron chi connectivity index (χ4n) is 3.69. The molecule has 0 saturated carbocycles. The molecule has 0 unspecified atom stereocenters. The Balaban J connectivity index is 2.69. The van der Waals surface area contributed by atoms with Crippen LogP contribution in [0.25, 0.3) is 11.1 Å². The van der Waals surface area contributed by atoms with Crippen LogP contribution in [-0.4, -0.2) is 25.1 Å². The minimum atomic E-state index is -4.96. The van der Waals surface area contributed by atoms with Crippen LogP contribution in [0.5, 0.6) is 5.75 Å². The number of rotatable bonds is 7. The van der Waals surface area contributed by atoms with E-state index < -0.39 is 29.6 Å². The van der Waals surface area contributed by atoms with Gasteiger partial charge in [-0.1, -0.05) is 12.5 Å². The minimum absolute atomic E-state index is 0.0147. The number of amides is 1. The first-order chi connectivity index (χ1) is 17.1. The quantitative estimate of drug-likeness (QED) is 0.386. The van der Waals surface area contributed by atoms with Gasteiger partial charge in [-0.25, -0.2) is 9.18 Å². The van der Waals surface area contributed by atoms with Crippen molar-refractivity contribution < 1.29 is 31.8 Å². The molecule has 0 aliphatic rings. The maximum absolute atomic E-state index is 15.1. The van der Waals surface area contributed by atoms with Crippen molar-refractivity contribution in [2.45, 2.75) is 66.5 Å². The normalized spacial score (nSPS) is 12.1. The monoisotopic (exact) mass is 521 g/mol. The largest absolute Gasteiger partial charge is 0.573 e. The smallest absolute Gasteiger partial charge is 0.444 e. The number of anilines is 1. The molecule has 2 rings (SSSR count). The van der Waals surface area contributed by atoms with Gasteiger partial charge in [-0.3, -0.25) is 0 Å². The molecule has 6 nitrogen and oxygen atoms in total. The predicted octanol–water partition coefficient (Wildman–Crippen LogP) is 7.35. The third-order valence-electron chi connectivity index (χ3n) is 5.36. The Morgan fingerprint density at radius 1 is 1.19 bits per heavy atom. The van der Waals surface area contributed by atoms with Gasteiger partial charge in [-0.15, -0.1) is 13.2 Å². The average molecular weight is 522 g/mol. The SMILES string of the molecule is CC/C(C)=C/N(C)c1c(C)c(-c2ccc(OC(F)(F)F)cc2F)cc(CNC(=O)OC(C)(C)C)c1C#N. The van der Waals surface area contributed by atoms with Gasteiger partial charge in [0, 0.05) is 31.4 Å². The summed E-state index contributed by atoms with van der Waals surface area (Å²) < 4.78 is 62.0. The standard InChI is InChI=1S/C27H31F4N3O3/c1-8-16(2)15-34(7)24-17(3)21(20-10-9-19(12-23(20)28)36-27(29,30)31)11-18(22(24)13-32)14-33-25(35)37-26(4,5)6/h9-12,15H,8,14H2,1-7H3,(H,33,35)/b16-15+. The number of ether oxygens (including phenoxy) is 2. The van der Waals surface area contributed by atoms with Gasteiger partial charge >= 0.3 is 12.5 Å². The van der Waals surface area contributed by atoms with Crippen molar-refractivity contribution in [2.75, 3.05) is 11.9 Å². The van der Waals surface area contributed by atoms with Crippen molar-refractivity contribution >= 4 is 11.8 Å². The van der Waals surface area contributed by atoms with Crippen molar-refractivity contribution in [3.63, 3.8) is 0 Å². The third-order valence-corrected chi connectivity index (χ3v) is 5.36. The van der Waals surface area contributed by atoms with Gasteiger partial charge in [-0.2, -0.15) is 5.26 Å². The zero-order chi connectivity index (χ0) is 28.1. The molecule has 0 radical (unpaired) electrons. The Morgan fingerprint density at radius 3 is 2.35 bits per heavy atom. The Labute approximate surface area is 214 Å². The third kappa shape index (κ3) is 8.13. The van der Waals surface area contributed by atoms with Gasteiger partial charge < -0.3 is 19.7 Å². The first kappa shape index (κ1) is 29.5. The second kappa shape index (κ2) is 11.5. The molecule has 200 valence electrons. The number of carbonyl (C=O) groups is 1. The number of nitrogens with zero attached hydrogens (tertiary/aromatic N) is 2.